The first-order chi connectivity index (χ1) is 19.7. The van der Waals surface area contributed by atoms with E-state index in [1.54, 1.807) is 37.3 Å². The molecule has 2 aromatic rings. The number of hydrogen-bond acceptors (Lipinski definition) is 9. The van der Waals surface area contributed by atoms with Gasteiger partial charge in [-0.15, -0.1) is 0 Å². The van der Waals surface area contributed by atoms with Crippen LogP contribution in [0.3, 0.4) is 0 Å². The number of esters is 1. The molecule has 41 heavy (non-hydrogen) atoms. The number of rotatable bonds is 12. The second kappa shape index (κ2) is 15.6. The number of nitrogens with zero attached hydrogens (tertiary/aromatic N) is 4. The molecule has 2 rings (SSSR count). The molecule has 0 saturated heterocycles. The minimum atomic E-state index is -0.487. The van der Waals surface area contributed by atoms with E-state index in [-0.39, 0.29) is 24.4 Å². The van der Waals surface area contributed by atoms with E-state index in [0.717, 1.165) is 5.56 Å². The second-order valence-corrected chi connectivity index (χ2v) is 8.56. The Morgan fingerprint density at radius 3 is 1.80 bits per heavy atom. The number of ether oxygens (including phenoxy) is 4. The zero-order valence-corrected chi connectivity index (χ0v) is 23.3. The molecule has 206 valence electrons. The maximum atomic E-state index is 11.6. The van der Waals surface area contributed by atoms with Crippen molar-refractivity contribution in [2.75, 3.05) is 27.4 Å². The summed E-state index contributed by atoms with van der Waals surface area (Å²) in [6.07, 6.45) is 3.17. The zero-order valence-electron chi connectivity index (χ0n) is 23.3. The van der Waals surface area contributed by atoms with E-state index >= 15 is 0 Å². The number of hydrogen-bond donors (Lipinski definition) is 0. The van der Waals surface area contributed by atoms with Crippen LogP contribution in [0.5, 0.6) is 17.2 Å². The fourth-order valence-corrected chi connectivity index (χ4v) is 3.57. The molecule has 0 aliphatic rings. The van der Waals surface area contributed by atoms with Gasteiger partial charge in [-0.25, -0.2) is 4.79 Å². The third kappa shape index (κ3) is 8.62. The molecule has 0 saturated carbocycles. The van der Waals surface area contributed by atoms with Crippen molar-refractivity contribution in [2.24, 2.45) is 0 Å². The van der Waals surface area contributed by atoms with Crippen LogP contribution in [-0.2, 0) is 9.53 Å². The van der Waals surface area contributed by atoms with Gasteiger partial charge in [-0.05, 0) is 72.0 Å². The maximum absolute atomic E-state index is 11.6. The molecule has 0 bridgehead atoms. The lowest BCUT2D eigenvalue weighted by Gasteiger charge is -2.16. The molecule has 0 heterocycles. The average Bonchev–Trinajstić information content (AvgIpc) is 2.99. The number of allylic oxidation sites excluding steroid dienone is 6. The van der Waals surface area contributed by atoms with Gasteiger partial charge in [-0.2, -0.15) is 21.0 Å². The van der Waals surface area contributed by atoms with Gasteiger partial charge in [0.2, 0.25) is 0 Å². The van der Waals surface area contributed by atoms with Crippen LogP contribution in [0.4, 0.5) is 0 Å². The van der Waals surface area contributed by atoms with Crippen molar-refractivity contribution < 1.29 is 23.7 Å². The molecule has 9 heteroatoms. The highest BCUT2D eigenvalue weighted by Gasteiger charge is 2.16. The molecule has 0 fully saturated rings. The third-order valence-corrected chi connectivity index (χ3v) is 5.67. The van der Waals surface area contributed by atoms with Gasteiger partial charge < -0.3 is 18.9 Å². The molecule has 0 aliphatic carbocycles. The third-order valence-electron chi connectivity index (χ3n) is 5.67. The quantitative estimate of drug-likeness (QED) is 0.0805. The van der Waals surface area contributed by atoms with Crippen LogP contribution >= 0.6 is 0 Å². The van der Waals surface area contributed by atoms with Crippen molar-refractivity contribution in [1.82, 2.24) is 0 Å². The first-order valence-electron chi connectivity index (χ1n) is 12.3. The lowest BCUT2D eigenvalue weighted by Crippen LogP contribution is -2.09. The number of methoxy groups -OCH3 is 2. The predicted molar refractivity (Wildman–Crippen MR) is 152 cm³/mol. The van der Waals surface area contributed by atoms with Gasteiger partial charge in [0.25, 0.3) is 0 Å². The first kappa shape index (κ1) is 31.4. The summed E-state index contributed by atoms with van der Waals surface area (Å²) in [5.41, 5.74) is 2.64. The predicted octanol–water partition coefficient (Wildman–Crippen LogP) is 5.76. The Hall–Kier alpha value is -5.77. The van der Waals surface area contributed by atoms with Gasteiger partial charge in [0.05, 0.1) is 27.4 Å². The van der Waals surface area contributed by atoms with E-state index in [9.17, 15) is 25.8 Å². The van der Waals surface area contributed by atoms with E-state index in [1.807, 2.05) is 37.3 Å². The van der Waals surface area contributed by atoms with E-state index in [1.165, 1.54) is 26.4 Å². The van der Waals surface area contributed by atoms with Crippen LogP contribution in [0.1, 0.15) is 30.0 Å². The average molecular weight is 549 g/mol. The summed E-state index contributed by atoms with van der Waals surface area (Å²) in [5, 5.41) is 38.2. The normalized spacial score (nSPS) is 10.2. The van der Waals surface area contributed by atoms with Crippen LogP contribution in [0, 0.1) is 52.2 Å². The van der Waals surface area contributed by atoms with Gasteiger partial charge in [0.1, 0.15) is 41.2 Å². The number of carbonyl (C=O) groups is 1. The fraction of sp³-hybridized carbons (Fsp3) is 0.219. The molecule has 0 atom stereocenters. The van der Waals surface area contributed by atoms with E-state index in [4.69, 9.17) is 18.9 Å². The lowest BCUT2D eigenvalue weighted by atomic mass is 9.91. The largest absolute Gasteiger partial charge is 0.496 e. The van der Waals surface area contributed by atoms with Crippen LogP contribution in [0.15, 0.2) is 71.8 Å². The molecule has 0 amide bonds. The summed E-state index contributed by atoms with van der Waals surface area (Å²) in [4.78, 5) is 11.6. The summed E-state index contributed by atoms with van der Waals surface area (Å²) in [7, 11) is 3.01. The topological polar surface area (TPSA) is 149 Å². The smallest absolute Gasteiger partial charge is 0.333 e. The van der Waals surface area contributed by atoms with Gasteiger partial charge in [-0.3, -0.25) is 0 Å². The number of nitriles is 4. The standard InChI is InChI=1S/C32H28N4O5/c1-21(2)32(37)41-12-6-11-40-31-16-26(9-10-29(31)38-4)28(14-24(19-35)20-36)27(13-23(17-33)18-34)25-8-7-22(3)30(15-25)39-5/h7-10,13-16H,1,6,11-12H2,2-5H3/b28-27+. The SMILES string of the molecule is C=C(C)C(=O)OCCCOc1cc(/C(C=C(C#N)C#N)=C(\C=C(C#N)C#N)c2ccc(C)c(OC)c2)ccc1OC. The second-order valence-electron chi connectivity index (χ2n) is 8.56. The number of aryl methyl sites for hydroxylation is 1. The van der Waals surface area contributed by atoms with Crippen molar-refractivity contribution in [3.05, 3.63) is 88.5 Å². The van der Waals surface area contributed by atoms with Crippen LogP contribution in [-0.4, -0.2) is 33.4 Å². The van der Waals surface area contributed by atoms with E-state index < -0.39 is 5.97 Å². The Labute approximate surface area is 239 Å². The maximum Gasteiger partial charge on any atom is 0.333 e. The van der Waals surface area contributed by atoms with Crippen molar-refractivity contribution >= 4 is 17.1 Å². The van der Waals surface area contributed by atoms with Crippen molar-refractivity contribution in [2.45, 2.75) is 20.3 Å². The zero-order chi connectivity index (χ0) is 30.4. The highest BCUT2D eigenvalue weighted by molar-refractivity contribution is 6.01. The number of carbonyl (C=O) groups excluding carboxylic acids is 1. The van der Waals surface area contributed by atoms with Crippen molar-refractivity contribution in [3.63, 3.8) is 0 Å². The molecule has 0 spiro atoms. The monoisotopic (exact) mass is 548 g/mol. The lowest BCUT2D eigenvalue weighted by molar-refractivity contribution is -0.139. The Morgan fingerprint density at radius 1 is 0.805 bits per heavy atom. The summed E-state index contributed by atoms with van der Waals surface area (Å²) in [5.74, 6) is 0.849. The summed E-state index contributed by atoms with van der Waals surface area (Å²) >= 11 is 0. The molecular weight excluding hydrogens is 520 g/mol. The molecule has 2 aromatic carbocycles. The van der Waals surface area contributed by atoms with Gasteiger partial charge in [0, 0.05) is 12.0 Å². The molecule has 0 radical (unpaired) electrons. The Balaban J connectivity index is 2.75. The fourth-order valence-electron chi connectivity index (χ4n) is 3.57. The molecule has 0 unspecified atom stereocenters. The summed E-state index contributed by atoms with van der Waals surface area (Å²) < 4.78 is 21.9. The number of benzene rings is 2. The van der Waals surface area contributed by atoms with Gasteiger partial charge in [0.15, 0.2) is 11.5 Å². The van der Waals surface area contributed by atoms with Gasteiger partial charge in [-0.1, -0.05) is 24.8 Å². The summed E-state index contributed by atoms with van der Waals surface area (Å²) in [6.45, 7) is 7.29. The summed E-state index contributed by atoms with van der Waals surface area (Å²) in [6, 6.07) is 17.8. The first-order valence-corrected chi connectivity index (χ1v) is 12.3. The minimum Gasteiger partial charge on any atom is -0.496 e. The minimum absolute atomic E-state index is 0.130. The Bertz CT molecular complexity index is 1560. The molecule has 0 aliphatic heterocycles. The van der Waals surface area contributed by atoms with E-state index in [0.29, 0.717) is 51.5 Å². The molecule has 0 aromatic heterocycles. The Morgan fingerprint density at radius 2 is 1.32 bits per heavy atom. The van der Waals surface area contributed by atoms with Gasteiger partial charge >= 0.3 is 5.97 Å². The molecule has 9 nitrogen and oxygen atoms in total. The van der Waals surface area contributed by atoms with Crippen LogP contribution < -0.4 is 14.2 Å². The molecular formula is C32H28N4O5. The van der Waals surface area contributed by atoms with E-state index in [2.05, 4.69) is 6.58 Å². The highest BCUT2D eigenvalue weighted by Crippen LogP contribution is 2.37. The molecule has 0 N–H and O–H groups in total. The van der Waals surface area contributed by atoms with Crippen molar-refractivity contribution in [1.29, 1.82) is 21.0 Å². The Kier molecular flexibility index (Phi) is 12.0. The van der Waals surface area contributed by atoms with Crippen molar-refractivity contribution in [3.8, 4) is 41.5 Å². The van der Waals surface area contributed by atoms with Crippen LogP contribution in [0.2, 0.25) is 0 Å². The van der Waals surface area contributed by atoms with Crippen LogP contribution in [0.25, 0.3) is 11.1 Å². The highest BCUT2D eigenvalue weighted by atomic mass is 16.5.